The van der Waals surface area contributed by atoms with Crippen molar-refractivity contribution in [2.75, 3.05) is 5.73 Å². The molecule has 1 rings (SSSR count). The van der Waals surface area contributed by atoms with Gasteiger partial charge in [-0.2, -0.15) is 0 Å². The molecule has 1 aromatic rings. The summed E-state index contributed by atoms with van der Waals surface area (Å²) < 4.78 is 0. The molecule has 0 saturated heterocycles. The van der Waals surface area contributed by atoms with Crippen molar-refractivity contribution in [2.24, 2.45) is 0 Å². The minimum Gasteiger partial charge on any atom is -0.397 e. The van der Waals surface area contributed by atoms with Gasteiger partial charge in [0.05, 0.1) is 11.4 Å². The molecule has 0 unspecified atom stereocenters. The molecule has 0 amide bonds. The third-order valence-electron chi connectivity index (χ3n) is 1.59. The Morgan fingerprint density at radius 1 is 1.60 bits per heavy atom. The maximum atomic E-state index is 5.63. The Kier molecular flexibility index (Phi) is 1.90. The number of rotatable bonds is 1. The van der Waals surface area contributed by atoms with Gasteiger partial charge in [0.2, 0.25) is 0 Å². The molecule has 0 aliphatic rings. The van der Waals surface area contributed by atoms with Crippen molar-refractivity contribution in [2.45, 2.75) is 20.3 Å². The van der Waals surface area contributed by atoms with Crippen LogP contribution in [-0.2, 0) is 6.42 Å². The first-order valence-electron chi connectivity index (χ1n) is 3.45. The number of hydrogen-bond acceptors (Lipinski definition) is 2. The van der Waals surface area contributed by atoms with E-state index < -0.39 is 0 Å². The lowest BCUT2D eigenvalue weighted by Gasteiger charge is -2.00. The smallest absolute Gasteiger partial charge is 0.0601 e. The van der Waals surface area contributed by atoms with Gasteiger partial charge in [-0.25, -0.2) is 0 Å². The second kappa shape index (κ2) is 2.69. The first-order valence-corrected chi connectivity index (χ1v) is 3.45. The topological polar surface area (TPSA) is 38.9 Å². The number of nitrogens with zero attached hydrogens (tertiary/aromatic N) is 1. The molecule has 0 saturated carbocycles. The molecule has 2 heteroatoms. The first kappa shape index (κ1) is 7.06. The van der Waals surface area contributed by atoms with Crippen molar-refractivity contribution < 1.29 is 0 Å². The standard InChI is InChI=1S/C8H12N2/c1-3-7-4-8(9)6(2)10-5-7/h4-5H,3,9H2,1-2H3. The van der Waals surface area contributed by atoms with E-state index in [1.807, 2.05) is 19.2 Å². The normalized spacial score (nSPS) is 9.80. The van der Waals surface area contributed by atoms with Gasteiger partial charge in [-0.1, -0.05) is 6.92 Å². The van der Waals surface area contributed by atoms with Crippen molar-refractivity contribution >= 4 is 5.69 Å². The van der Waals surface area contributed by atoms with Gasteiger partial charge in [0, 0.05) is 6.20 Å². The Labute approximate surface area is 61.1 Å². The van der Waals surface area contributed by atoms with Crippen LogP contribution in [0.25, 0.3) is 0 Å². The van der Waals surface area contributed by atoms with Gasteiger partial charge >= 0.3 is 0 Å². The average molecular weight is 136 g/mol. The van der Waals surface area contributed by atoms with Crippen molar-refractivity contribution in [1.82, 2.24) is 4.98 Å². The van der Waals surface area contributed by atoms with E-state index in [-0.39, 0.29) is 0 Å². The van der Waals surface area contributed by atoms with E-state index in [4.69, 9.17) is 5.73 Å². The molecule has 2 N–H and O–H groups in total. The fourth-order valence-electron chi connectivity index (χ4n) is 0.789. The second-order valence-electron chi connectivity index (χ2n) is 2.37. The third-order valence-corrected chi connectivity index (χ3v) is 1.59. The molecular formula is C8H12N2. The van der Waals surface area contributed by atoms with E-state index in [2.05, 4.69) is 11.9 Å². The van der Waals surface area contributed by atoms with E-state index in [0.29, 0.717) is 0 Å². The quantitative estimate of drug-likeness (QED) is 0.636. The van der Waals surface area contributed by atoms with Crippen LogP contribution < -0.4 is 5.73 Å². The molecule has 0 aliphatic carbocycles. The molecule has 2 nitrogen and oxygen atoms in total. The highest BCUT2D eigenvalue weighted by molar-refractivity contribution is 5.43. The average Bonchev–Trinajstić information content (AvgIpc) is 1.95. The van der Waals surface area contributed by atoms with Crippen molar-refractivity contribution in [1.29, 1.82) is 0 Å². The number of aromatic nitrogens is 1. The summed E-state index contributed by atoms with van der Waals surface area (Å²) in [5, 5.41) is 0. The summed E-state index contributed by atoms with van der Waals surface area (Å²) in [4.78, 5) is 4.12. The Morgan fingerprint density at radius 2 is 2.30 bits per heavy atom. The molecule has 54 valence electrons. The molecule has 0 bridgehead atoms. The number of aryl methyl sites for hydroxylation is 2. The summed E-state index contributed by atoms with van der Waals surface area (Å²) in [5.74, 6) is 0. The SMILES string of the molecule is CCc1cnc(C)c(N)c1. The monoisotopic (exact) mass is 136 g/mol. The summed E-state index contributed by atoms with van der Waals surface area (Å²) in [5.41, 5.74) is 8.54. The Balaban J connectivity index is 3.04. The van der Waals surface area contributed by atoms with Gasteiger partial charge < -0.3 is 5.73 Å². The van der Waals surface area contributed by atoms with Gasteiger partial charge in [0.1, 0.15) is 0 Å². The summed E-state index contributed by atoms with van der Waals surface area (Å²) in [6.45, 7) is 4.00. The van der Waals surface area contributed by atoms with E-state index in [0.717, 1.165) is 17.8 Å². The molecule has 0 aliphatic heterocycles. The number of nitrogens with two attached hydrogens (primary N) is 1. The highest BCUT2D eigenvalue weighted by Gasteiger charge is 1.94. The zero-order chi connectivity index (χ0) is 7.56. The lowest BCUT2D eigenvalue weighted by atomic mass is 10.2. The van der Waals surface area contributed by atoms with Crippen molar-refractivity contribution in [3.8, 4) is 0 Å². The number of nitrogen functional groups attached to an aromatic ring is 1. The molecule has 0 aromatic carbocycles. The largest absolute Gasteiger partial charge is 0.397 e. The van der Waals surface area contributed by atoms with E-state index in [1.165, 1.54) is 5.56 Å². The second-order valence-corrected chi connectivity index (χ2v) is 2.37. The molecule has 1 heterocycles. The summed E-state index contributed by atoms with van der Waals surface area (Å²) in [7, 11) is 0. The fourth-order valence-corrected chi connectivity index (χ4v) is 0.789. The minimum absolute atomic E-state index is 0.791. The summed E-state index contributed by atoms with van der Waals surface area (Å²) in [6.07, 6.45) is 2.86. The van der Waals surface area contributed by atoms with Crippen LogP contribution in [0.4, 0.5) is 5.69 Å². The molecule has 0 radical (unpaired) electrons. The molecule has 1 aromatic heterocycles. The van der Waals surface area contributed by atoms with Crippen LogP contribution in [0.15, 0.2) is 12.3 Å². The van der Waals surface area contributed by atoms with Crippen LogP contribution in [0.2, 0.25) is 0 Å². The fraction of sp³-hybridized carbons (Fsp3) is 0.375. The lowest BCUT2D eigenvalue weighted by Crippen LogP contribution is -1.94. The highest BCUT2D eigenvalue weighted by atomic mass is 14.7. The van der Waals surface area contributed by atoms with Crippen molar-refractivity contribution in [3.05, 3.63) is 23.5 Å². The Morgan fingerprint density at radius 3 is 2.80 bits per heavy atom. The predicted molar refractivity (Wildman–Crippen MR) is 42.8 cm³/mol. The number of anilines is 1. The molecule has 0 spiro atoms. The van der Waals surface area contributed by atoms with E-state index in [9.17, 15) is 0 Å². The summed E-state index contributed by atoms with van der Waals surface area (Å²) in [6, 6.07) is 1.97. The Hall–Kier alpha value is -1.05. The van der Waals surface area contributed by atoms with Gasteiger partial charge in [-0.3, -0.25) is 4.98 Å². The van der Waals surface area contributed by atoms with E-state index >= 15 is 0 Å². The molecular weight excluding hydrogens is 124 g/mol. The number of pyridine rings is 1. The number of hydrogen-bond donors (Lipinski definition) is 1. The van der Waals surface area contributed by atoms with Crippen LogP contribution in [0.5, 0.6) is 0 Å². The minimum atomic E-state index is 0.791. The van der Waals surface area contributed by atoms with Crippen LogP contribution in [0.3, 0.4) is 0 Å². The van der Waals surface area contributed by atoms with Gasteiger partial charge in [-0.05, 0) is 25.0 Å². The highest BCUT2D eigenvalue weighted by Crippen LogP contribution is 2.09. The maximum absolute atomic E-state index is 5.63. The molecule has 0 atom stereocenters. The third kappa shape index (κ3) is 1.26. The van der Waals surface area contributed by atoms with Gasteiger partial charge in [0.15, 0.2) is 0 Å². The van der Waals surface area contributed by atoms with Gasteiger partial charge in [-0.15, -0.1) is 0 Å². The molecule has 10 heavy (non-hydrogen) atoms. The first-order chi connectivity index (χ1) is 4.74. The van der Waals surface area contributed by atoms with Crippen LogP contribution in [0, 0.1) is 6.92 Å². The maximum Gasteiger partial charge on any atom is 0.0601 e. The van der Waals surface area contributed by atoms with Crippen LogP contribution in [-0.4, -0.2) is 4.98 Å². The van der Waals surface area contributed by atoms with Crippen LogP contribution in [0.1, 0.15) is 18.2 Å². The van der Waals surface area contributed by atoms with Crippen molar-refractivity contribution in [3.63, 3.8) is 0 Å². The predicted octanol–water partition coefficient (Wildman–Crippen LogP) is 1.53. The summed E-state index contributed by atoms with van der Waals surface area (Å²) >= 11 is 0. The molecule has 0 fully saturated rings. The lowest BCUT2D eigenvalue weighted by molar-refractivity contribution is 1.08. The Bertz CT molecular complexity index is 231. The zero-order valence-electron chi connectivity index (χ0n) is 6.39. The van der Waals surface area contributed by atoms with Crippen LogP contribution >= 0.6 is 0 Å². The van der Waals surface area contributed by atoms with Gasteiger partial charge in [0.25, 0.3) is 0 Å². The van der Waals surface area contributed by atoms with E-state index in [1.54, 1.807) is 0 Å². The zero-order valence-corrected chi connectivity index (χ0v) is 6.39.